The second-order valence-corrected chi connectivity index (χ2v) is 4.63. The summed E-state index contributed by atoms with van der Waals surface area (Å²) in [5.41, 5.74) is 0.826. The minimum Gasteiger partial charge on any atom is -0.852 e. The van der Waals surface area contributed by atoms with E-state index in [1.165, 1.54) is 6.42 Å². The molecule has 0 spiro atoms. The van der Waals surface area contributed by atoms with Gasteiger partial charge in [-0.25, -0.2) is 0 Å². The molecule has 0 heterocycles. The zero-order chi connectivity index (χ0) is 10.1. The molecule has 0 saturated heterocycles. The normalized spacial score (nSPS) is 31.4. The number of allylic oxidation sites excluding steroid dienone is 1. The van der Waals surface area contributed by atoms with Gasteiger partial charge in [-0.2, -0.15) is 0 Å². The van der Waals surface area contributed by atoms with E-state index in [1.54, 1.807) is 0 Å². The molecule has 0 aromatic carbocycles. The minimum atomic E-state index is -0.423. The summed E-state index contributed by atoms with van der Waals surface area (Å²) in [7, 11) is 0. The maximum atomic E-state index is 11.7. The van der Waals surface area contributed by atoms with Crippen LogP contribution in [0.4, 0.5) is 0 Å². The molecule has 14 heavy (non-hydrogen) atoms. The van der Waals surface area contributed by atoms with E-state index in [0.29, 0.717) is 0 Å². The fourth-order valence-electron chi connectivity index (χ4n) is 2.14. The third-order valence-electron chi connectivity index (χ3n) is 3.50. The third kappa shape index (κ3) is 2.98. The summed E-state index contributed by atoms with van der Waals surface area (Å²) < 4.78 is 0. The summed E-state index contributed by atoms with van der Waals surface area (Å²) in [6, 6.07) is 0. The summed E-state index contributed by atoms with van der Waals surface area (Å²) in [6.07, 6.45) is 3.70. The van der Waals surface area contributed by atoms with Gasteiger partial charge in [-0.1, -0.05) is 38.5 Å². The second-order valence-electron chi connectivity index (χ2n) is 4.63. The summed E-state index contributed by atoms with van der Waals surface area (Å²) in [6.45, 7) is 12.1. The standard InChI is InChI=1S/C12H20O.Mg/c1-9(2)12(3,4)10-7-5-6-8-11(10)13;/h10-11H,1,3,5-8H2,2,4H3;/q-2;+2. The van der Waals surface area contributed by atoms with Crippen LogP contribution in [0.15, 0.2) is 12.2 Å². The number of hydrogen-bond donors (Lipinski definition) is 0. The summed E-state index contributed by atoms with van der Waals surface area (Å²) in [5, 5.41) is 11.7. The molecule has 0 bridgehead atoms. The first-order chi connectivity index (χ1) is 5.96. The van der Waals surface area contributed by atoms with Crippen LogP contribution in [-0.4, -0.2) is 29.2 Å². The van der Waals surface area contributed by atoms with Crippen LogP contribution >= 0.6 is 0 Å². The van der Waals surface area contributed by atoms with E-state index in [0.717, 1.165) is 24.8 Å². The molecule has 0 amide bonds. The fourth-order valence-corrected chi connectivity index (χ4v) is 2.14. The molecule has 0 aromatic heterocycles. The van der Waals surface area contributed by atoms with Crippen molar-refractivity contribution in [2.45, 2.75) is 45.6 Å². The molecule has 76 valence electrons. The molecule has 1 nitrogen and oxygen atoms in total. The van der Waals surface area contributed by atoms with Crippen molar-refractivity contribution in [3.05, 3.63) is 19.1 Å². The van der Waals surface area contributed by atoms with Crippen LogP contribution in [0.5, 0.6) is 0 Å². The SMILES string of the molecule is C=C(C)C([CH2-])(C)C1CCCCC1[O-].[Mg+2]. The fraction of sp³-hybridized carbons (Fsp3) is 0.750. The first-order valence-corrected chi connectivity index (χ1v) is 5.13. The maximum Gasteiger partial charge on any atom is 2.00 e. The van der Waals surface area contributed by atoms with Crippen molar-refractivity contribution in [2.75, 3.05) is 0 Å². The third-order valence-corrected chi connectivity index (χ3v) is 3.50. The molecular weight excluding hydrogens is 184 g/mol. The van der Waals surface area contributed by atoms with Crippen molar-refractivity contribution in [1.29, 1.82) is 0 Å². The van der Waals surface area contributed by atoms with E-state index in [2.05, 4.69) is 20.4 Å². The molecule has 1 aliphatic carbocycles. The molecular formula is C12H20MgO. The summed E-state index contributed by atoms with van der Waals surface area (Å²) >= 11 is 0. The molecule has 1 aliphatic rings. The molecule has 1 fully saturated rings. The smallest absolute Gasteiger partial charge is 0.852 e. The zero-order valence-electron chi connectivity index (χ0n) is 9.51. The van der Waals surface area contributed by atoms with E-state index >= 15 is 0 Å². The second kappa shape index (κ2) is 5.52. The van der Waals surface area contributed by atoms with Crippen molar-refractivity contribution < 1.29 is 5.11 Å². The topological polar surface area (TPSA) is 23.1 Å². The van der Waals surface area contributed by atoms with Gasteiger partial charge >= 0.3 is 23.1 Å². The Labute approximate surface area is 104 Å². The van der Waals surface area contributed by atoms with Crippen molar-refractivity contribution >= 4 is 23.1 Å². The van der Waals surface area contributed by atoms with E-state index in [-0.39, 0.29) is 34.4 Å². The van der Waals surface area contributed by atoms with E-state index in [4.69, 9.17) is 0 Å². The van der Waals surface area contributed by atoms with Gasteiger partial charge in [0.15, 0.2) is 0 Å². The Morgan fingerprint density at radius 1 is 1.43 bits per heavy atom. The van der Waals surface area contributed by atoms with E-state index < -0.39 is 6.10 Å². The Hall–Kier alpha value is 0.466. The van der Waals surface area contributed by atoms with Gasteiger partial charge in [0, 0.05) is 0 Å². The van der Waals surface area contributed by atoms with Crippen molar-refractivity contribution in [2.24, 2.45) is 11.3 Å². The van der Waals surface area contributed by atoms with Crippen LogP contribution in [0.25, 0.3) is 0 Å². The number of rotatable bonds is 2. The van der Waals surface area contributed by atoms with Crippen LogP contribution in [0, 0.1) is 18.3 Å². The maximum absolute atomic E-state index is 11.7. The summed E-state index contributed by atoms with van der Waals surface area (Å²) in [4.78, 5) is 0. The van der Waals surface area contributed by atoms with Crippen molar-refractivity contribution in [3.8, 4) is 0 Å². The Balaban J connectivity index is 0.00000169. The predicted molar refractivity (Wildman–Crippen MR) is 59.8 cm³/mol. The molecule has 1 rings (SSSR count). The quantitative estimate of drug-likeness (QED) is 0.383. The van der Waals surface area contributed by atoms with Gasteiger partial charge in [-0.3, -0.25) is 0 Å². The zero-order valence-corrected chi connectivity index (χ0v) is 10.9. The minimum absolute atomic E-state index is 0. The number of hydrogen-bond acceptors (Lipinski definition) is 1. The van der Waals surface area contributed by atoms with Gasteiger partial charge < -0.3 is 12.0 Å². The van der Waals surface area contributed by atoms with Crippen LogP contribution < -0.4 is 5.11 Å². The Bertz CT molecular complexity index is 198. The van der Waals surface area contributed by atoms with Gasteiger partial charge in [0.05, 0.1) is 0 Å². The van der Waals surface area contributed by atoms with Crippen LogP contribution in [0.1, 0.15) is 39.5 Å². The molecule has 3 unspecified atom stereocenters. The average Bonchev–Trinajstić information content (AvgIpc) is 2.04. The molecule has 0 aromatic rings. The van der Waals surface area contributed by atoms with Crippen molar-refractivity contribution in [3.63, 3.8) is 0 Å². The van der Waals surface area contributed by atoms with Gasteiger partial charge in [-0.05, 0) is 6.92 Å². The Morgan fingerprint density at radius 2 is 1.93 bits per heavy atom. The van der Waals surface area contributed by atoms with E-state index in [9.17, 15) is 5.11 Å². The van der Waals surface area contributed by atoms with Gasteiger partial charge in [0.25, 0.3) is 0 Å². The largest absolute Gasteiger partial charge is 2.00 e. The Morgan fingerprint density at radius 3 is 2.36 bits per heavy atom. The molecule has 0 N–H and O–H groups in total. The van der Waals surface area contributed by atoms with Gasteiger partial charge in [0.2, 0.25) is 0 Å². The Kier molecular flexibility index (Phi) is 5.71. The molecule has 0 radical (unpaired) electrons. The van der Waals surface area contributed by atoms with Gasteiger partial charge in [0.1, 0.15) is 0 Å². The first kappa shape index (κ1) is 14.5. The van der Waals surface area contributed by atoms with E-state index in [1.807, 2.05) is 6.92 Å². The van der Waals surface area contributed by atoms with Crippen LogP contribution in [0.2, 0.25) is 0 Å². The molecule has 1 saturated carbocycles. The van der Waals surface area contributed by atoms with Crippen molar-refractivity contribution in [1.82, 2.24) is 0 Å². The van der Waals surface area contributed by atoms with Crippen LogP contribution in [0.3, 0.4) is 0 Å². The molecule has 0 aliphatic heterocycles. The average molecular weight is 205 g/mol. The summed E-state index contributed by atoms with van der Waals surface area (Å²) in [5.74, 6) is 0.193. The van der Waals surface area contributed by atoms with Crippen LogP contribution in [-0.2, 0) is 0 Å². The first-order valence-electron chi connectivity index (χ1n) is 5.13. The predicted octanol–water partition coefficient (Wildman–Crippen LogP) is 1.94. The molecule has 2 heteroatoms. The molecule has 3 atom stereocenters. The van der Waals surface area contributed by atoms with Gasteiger partial charge in [-0.15, -0.1) is 23.7 Å². The monoisotopic (exact) mass is 204 g/mol.